The third-order valence-electron chi connectivity index (χ3n) is 4.45. The molecular weight excluding hydrogens is 270 g/mol. The Morgan fingerprint density at radius 3 is 2.43 bits per heavy atom. The molecule has 2 aliphatic heterocycles. The SMILES string of the molecule is CNC1COCC1C(=O)N1CCC(NC(=O)C(C)C)CC1. The Morgan fingerprint density at radius 2 is 1.86 bits per heavy atom. The molecular formula is C15H27N3O3. The summed E-state index contributed by atoms with van der Waals surface area (Å²) in [5.41, 5.74) is 0. The lowest BCUT2D eigenvalue weighted by molar-refractivity contribution is -0.137. The van der Waals surface area contributed by atoms with Gasteiger partial charge in [0.2, 0.25) is 11.8 Å². The van der Waals surface area contributed by atoms with E-state index in [0.717, 1.165) is 25.9 Å². The summed E-state index contributed by atoms with van der Waals surface area (Å²) in [4.78, 5) is 26.1. The number of piperidine rings is 1. The number of carbonyl (C=O) groups is 2. The van der Waals surface area contributed by atoms with E-state index in [4.69, 9.17) is 4.74 Å². The number of hydrogen-bond acceptors (Lipinski definition) is 4. The van der Waals surface area contributed by atoms with E-state index in [-0.39, 0.29) is 35.7 Å². The van der Waals surface area contributed by atoms with Gasteiger partial charge in [0.05, 0.1) is 19.1 Å². The summed E-state index contributed by atoms with van der Waals surface area (Å²) in [5, 5.41) is 6.21. The molecule has 2 fully saturated rings. The van der Waals surface area contributed by atoms with Crippen LogP contribution in [0.5, 0.6) is 0 Å². The minimum Gasteiger partial charge on any atom is -0.379 e. The van der Waals surface area contributed by atoms with Crippen molar-refractivity contribution in [3.05, 3.63) is 0 Å². The quantitative estimate of drug-likeness (QED) is 0.765. The zero-order valence-electron chi connectivity index (χ0n) is 13.2. The van der Waals surface area contributed by atoms with Gasteiger partial charge in [-0.3, -0.25) is 9.59 Å². The maximum Gasteiger partial charge on any atom is 0.229 e. The first-order chi connectivity index (χ1) is 10.0. The summed E-state index contributed by atoms with van der Waals surface area (Å²) in [7, 11) is 1.87. The van der Waals surface area contributed by atoms with Gasteiger partial charge in [-0.25, -0.2) is 0 Å². The second-order valence-electron chi connectivity index (χ2n) is 6.30. The highest BCUT2D eigenvalue weighted by Gasteiger charge is 2.36. The zero-order valence-corrected chi connectivity index (χ0v) is 13.2. The second kappa shape index (κ2) is 7.22. The Bertz CT molecular complexity index is 378. The summed E-state index contributed by atoms with van der Waals surface area (Å²) in [5.74, 6) is 0.216. The molecule has 0 aromatic carbocycles. The first-order valence-electron chi connectivity index (χ1n) is 7.87. The van der Waals surface area contributed by atoms with E-state index < -0.39 is 0 Å². The molecule has 6 heteroatoms. The van der Waals surface area contributed by atoms with Crippen molar-refractivity contribution < 1.29 is 14.3 Å². The van der Waals surface area contributed by atoms with Gasteiger partial charge < -0.3 is 20.3 Å². The van der Waals surface area contributed by atoms with Crippen LogP contribution in [0.1, 0.15) is 26.7 Å². The predicted molar refractivity (Wildman–Crippen MR) is 79.7 cm³/mol. The summed E-state index contributed by atoms with van der Waals surface area (Å²) in [6.07, 6.45) is 1.67. The van der Waals surface area contributed by atoms with Crippen LogP contribution < -0.4 is 10.6 Å². The lowest BCUT2D eigenvalue weighted by atomic mass is 9.98. The van der Waals surface area contributed by atoms with Crippen molar-refractivity contribution in [2.24, 2.45) is 11.8 Å². The lowest BCUT2D eigenvalue weighted by Crippen LogP contribution is -2.51. The Morgan fingerprint density at radius 1 is 1.19 bits per heavy atom. The van der Waals surface area contributed by atoms with Crippen molar-refractivity contribution in [3.8, 4) is 0 Å². The summed E-state index contributed by atoms with van der Waals surface area (Å²) < 4.78 is 5.41. The fourth-order valence-corrected chi connectivity index (χ4v) is 2.93. The molecule has 0 aromatic heterocycles. The number of likely N-dealkylation sites (N-methyl/N-ethyl adjacent to an activating group) is 1. The fraction of sp³-hybridized carbons (Fsp3) is 0.867. The molecule has 2 N–H and O–H groups in total. The highest BCUT2D eigenvalue weighted by Crippen LogP contribution is 2.20. The number of rotatable bonds is 4. The van der Waals surface area contributed by atoms with E-state index in [1.54, 1.807) is 0 Å². The number of likely N-dealkylation sites (tertiary alicyclic amines) is 1. The monoisotopic (exact) mass is 297 g/mol. The molecule has 0 aliphatic carbocycles. The van der Waals surface area contributed by atoms with Crippen molar-refractivity contribution in [3.63, 3.8) is 0 Å². The van der Waals surface area contributed by atoms with E-state index in [1.165, 1.54) is 0 Å². The van der Waals surface area contributed by atoms with Crippen LogP contribution in [-0.4, -0.2) is 62.1 Å². The van der Waals surface area contributed by atoms with Crippen LogP contribution >= 0.6 is 0 Å². The first-order valence-corrected chi connectivity index (χ1v) is 7.87. The Labute approximate surface area is 126 Å². The second-order valence-corrected chi connectivity index (χ2v) is 6.30. The minimum atomic E-state index is -0.0724. The standard InChI is InChI=1S/C15H27N3O3/c1-10(2)14(19)17-11-4-6-18(7-5-11)15(20)12-8-21-9-13(12)16-3/h10-13,16H,4-9H2,1-3H3,(H,17,19). The van der Waals surface area contributed by atoms with E-state index in [2.05, 4.69) is 10.6 Å². The van der Waals surface area contributed by atoms with Crippen molar-refractivity contribution in [2.45, 2.75) is 38.8 Å². The molecule has 21 heavy (non-hydrogen) atoms. The number of carbonyl (C=O) groups excluding carboxylic acids is 2. The van der Waals surface area contributed by atoms with Gasteiger partial charge in [-0.1, -0.05) is 13.8 Å². The smallest absolute Gasteiger partial charge is 0.229 e. The third-order valence-corrected chi connectivity index (χ3v) is 4.45. The van der Waals surface area contributed by atoms with E-state index in [1.807, 2.05) is 25.8 Å². The van der Waals surface area contributed by atoms with Gasteiger partial charge in [-0.15, -0.1) is 0 Å². The van der Waals surface area contributed by atoms with Crippen LogP contribution in [0, 0.1) is 11.8 Å². The molecule has 0 spiro atoms. The van der Waals surface area contributed by atoms with Gasteiger partial charge in [0.15, 0.2) is 0 Å². The molecule has 0 bridgehead atoms. The molecule has 2 heterocycles. The zero-order chi connectivity index (χ0) is 15.4. The van der Waals surface area contributed by atoms with Crippen LogP contribution in [-0.2, 0) is 14.3 Å². The van der Waals surface area contributed by atoms with Gasteiger partial charge in [0.1, 0.15) is 0 Å². The van der Waals surface area contributed by atoms with Crippen LogP contribution in [0.4, 0.5) is 0 Å². The van der Waals surface area contributed by atoms with Gasteiger partial charge in [0, 0.05) is 31.1 Å². The van der Waals surface area contributed by atoms with Crippen LogP contribution in [0.25, 0.3) is 0 Å². The van der Waals surface area contributed by atoms with Crippen LogP contribution in [0.15, 0.2) is 0 Å². The van der Waals surface area contributed by atoms with E-state index in [9.17, 15) is 9.59 Å². The largest absolute Gasteiger partial charge is 0.379 e. The molecule has 120 valence electrons. The molecule has 2 rings (SSSR count). The number of hydrogen-bond donors (Lipinski definition) is 2. The predicted octanol–water partition coefficient (Wildman–Crippen LogP) is -0.0160. The normalized spacial score (nSPS) is 27.1. The number of ether oxygens (including phenoxy) is 1. The molecule has 2 saturated heterocycles. The van der Waals surface area contributed by atoms with Gasteiger partial charge in [0.25, 0.3) is 0 Å². The average molecular weight is 297 g/mol. The molecule has 2 unspecified atom stereocenters. The van der Waals surface area contributed by atoms with Gasteiger partial charge in [-0.05, 0) is 19.9 Å². The number of nitrogens with one attached hydrogen (secondary N) is 2. The van der Waals surface area contributed by atoms with Gasteiger partial charge >= 0.3 is 0 Å². The molecule has 6 nitrogen and oxygen atoms in total. The van der Waals surface area contributed by atoms with Gasteiger partial charge in [-0.2, -0.15) is 0 Å². The molecule has 2 atom stereocenters. The highest BCUT2D eigenvalue weighted by atomic mass is 16.5. The molecule has 0 aromatic rings. The topological polar surface area (TPSA) is 70.7 Å². The third kappa shape index (κ3) is 3.95. The maximum atomic E-state index is 12.5. The van der Waals surface area contributed by atoms with E-state index >= 15 is 0 Å². The molecule has 2 aliphatic rings. The minimum absolute atomic E-state index is 0.0108. The van der Waals surface area contributed by atoms with Crippen molar-refractivity contribution in [1.29, 1.82) is 0 Å². The Hall–Kier alpha value is -1.14. The molecule has 2 amide bonds. The molecule has 0 radical (unpaired) electrons. The first kappa shape index (κ1) is 16.2. The Kier molecular flexibility index (Phi) is 5.58. The molecule has 0 saturated carbocycles. The fourth-order valence-electron chi connectivity index (χ4n) is 2.93. The van der Waals surface area contributed by atoms with Crippen LogP contribution in [0.3, 0.4) is 0 Å². The van der Waals surface area contributed by atoms with Crippen LogP contribution in [0.2, 0.25) is 0 Å². The van der Waals surface area contributed by atoms with Crippen molar-refractivity contribution >= 4 is 11.8 Å². The summed E-state index contributed by atoms with van der Waals surface area (Å²) in [6.45, 7) is 6.34. The summed E-state index contributed by atoms with van der Waals surface area (Å²) >= 11 is 0. The average Bonchev–Trinajstić information content (AvgIpc) is 2.95. The number of amides is 2. The highest BCUT2D eigenvalue weighted by molar-refractivity contribution is 5.80. The van der Waals surface area contributed by atoms with Crippen molar-refractivity contribution in [1.82, 2.24) is 15.5 Å². The van der Waals surface area contributed by atoms with Crippen molar-refractivity contribution in [2.75, 3.05) is 33.4 Å². The van der Waals surface area contributed by atoms with E-state index in [0.29, 0.717) is 13.2 Å². The number of nitrogens with zero attached hydrogens (tertiary/aromatic N) is 1. The summed E-state index contributed by atoms with van der Waals surface area (Å²) in [6, 6.07) is 0.319. The maximum absolute atomic E-state index is 12.5. The Balaban J connectivity index is 1.81. The lowest BCUT2D eigenvalue weighted by Gasteiger charge is -2.34.